The second-order valence-corrected chi connectivity index (χ2v) is 11.9. The molecule has 1 aliphatic heterocycles. The Hall–Kier alpha value is -2.97. The molecule has 5 rings (SSSR count). The highest BCUT2D eigenvalue weighted by Crippen LogP contribution is 2.38. The van der Waals surface area contributed by atoms with Crippen molar-refractivity contribution < 1.29 is 18.7 Å². The highest BCUT2D eigenvalue weighted by molar-refractivity contribution is 6.31. The number of benzene rings is 2. The molecule has 2 heterocycles. The monoisotopic (exact) mass is 568 g/mol. The van der Waals surface area contributed by atoms with Gasteiger partial charge in [0.1, 0.15) is 17.7 Å². The van der Waals surface area contributed by atoms with Gasteiger partial charge in [-0.1, -0.05) is 44.0 Å². The van der Waals surface area contributed by atoms with Crippen molar-refractivity contribution in [2.45, 2.75) is 70.3 Å². The van der Waals surface area contributed by atoms with Gasteiger partial charge in [0, 0.05) is 30.2 Å². The fourth-order valence-electron chi connectivity index (χ4n) is 6.04. The highest BCUT2D eigenvalue weighted by Gasteiger charge is 2.46. The van der Waals surface area contributed by atoms with Crippen molar-refractivity contribution in [3.05, 3.63) is 64.2 Å². The summed E-state index contributed by atoms with van der Waals surface area (Å²) in [4.78, 5) is 34.9. The molecule has 1 aliphatic carbocycles. The lowest BCUT2D eigenvalue weighted by atomic mass is 9.76. The SMILES string of the molecule is CCNC(=O)[C@H](NC(=O)C1(c2ccc3nc(CC(c4c(F)cccc4Cl)C(C)C)[nH]c3c2)CCOC1)C1CCC1. The molecule has 9 heteroatoms. The van der Waals surface area contributed by atoms with Gasteiger partial charge in [-0.2, -0.15) is 0 Å². The quantitative estimate of drug-likeness (QED) is 0.304. The van der Waals surface area contributed by atoms with Crippen LogP contribution in [-0.4, -0.2) is 47.6 Å². The van der Waals surface area contributed by atoms with Crippen LogP contribution in [0.3, 0.4) is 0 Å². The highest BCUT2D eigenvalue weighted by atomic mass is 35.5. The summed E-state index contributed by atoms with van der Waals surface area (Å²) in [5.41, 5.74) is 2.01. The molecule has 3 aromatic rings. The van der Waals surface area contributed by atoms with Crippen LogP contribution < -0.4 is 10.6 Å². The molecule has 1 saturated heterocycles. The molecule has 0 radical (unpaired) electrons. The van der Waals surface area contributed by atoms with Crippen molar-refractivity contribution in [3.63, 3.8) is 0 Å². The first-order chi connectivity index (χ1) is 19.2. The van der Waals surface area contributed by atoms with E-state index in [1.165, 1.54) is 6.07 Å². The number of imidazole rings is 1. The van der Waals surface area contributed by atoms with Gasteiger partial charge in [-0.15, -0.1) is 0 Å². The standard InChI is InChI=1S/C31H38ClFN4O3/c1-4-34-29(38)28(19-7-5-8-19)37-30(39)31(13-14-40-17-31)20-11-12-24-25(15-20)36-26(35-24)16-21(18(2)3)27-22(32)9-6-10-23(27)33/h6,9-12,15,18-19,21,28H,4-5,7-8,13-14,16-17H2,1-3H3,(H,34,38)(H,35,36)(H,37,39)/t21?,28-,31?/m1/s1. The fourth-order valence-corrected chi connectivity index (χ4v) is 6.34. The van der Waals surface area contributed by atoms with E-state index in [4.69, 9.17) is 21.3 Å². The Bertz CT molecular complexity index is 1360. The number of H-pyrrole nitrogens is 1. The van der Waals surface area contributed by atoms with Crippen LogP contribution >= 0.6 is 11.6 Å². The van der Waals surface area contributed by atoms with Crippen LogP contribution in [0.15, 0.2) is 36.4 Å². The number of amides is 2. The maximum atomic E-state index is 14.8. The third kappa shape index (κ3) is 5.48. The van der Waals surface area contributed by atoms with Crippen molar-refractivity contribution in [2.24, 2.45) is 11.8 Å². The molecule has 1 saturated carbocycles. The summed E-state index contributed by atoms with van der Waals surface area (Å²) in [6, 6.07) is 10.0. The Morgan fingerprint density at radius 1 is 1.25 bits per heavy atom. The fraction of sp³-hybridized carbons (Fsp3) is 0.516. The largest absolute Gasteiger partial charge is 0.380 e. The maximum absolute atomic E-state index is 14.8. The van der Waals surface area contributed by atoms with E-state index < -0.39 is 11.5 Å². The summed E-state index contributed by atoms with van der Waals surface area (Å²) in [5, 5.41) is 6.40. The molecular weight excluding hydrogens is 531 g/mol. The van der Waals surface area contributed by atoms with Gasteiger partial charge in [0.15, 0.2) is 0 Å². The minimum Gasteiger partial charge on any atom is -0.380 e. The summed E-state index contributed by atoms with van der Waals surface area (Å²) in [6.45, 7) is 7.22. The number of hydrogen-bond acceptors (Lipinski definition) is 4. The van der Waals surface area contributed by atoms with E-state index in [0.29, 0.717) is 36.6 Å². The minimum absolute atomic E-state index is 0.127. The molecule has 1 aromatic heterocycles. The predicted molar refractivity (Wildman–Crippen MR) is 154 cm³/mol. The summed E-state index contributed by atoms with van der Waals surface area (Å²) in [5.74, 6) is 0.240. The van der Waals surface area contributed by atoms with E-state index in [1.807, 2.05) is 39.0 Å². The molecule has 2 amide bonds. The zero-order chi connectivity index (χ0) is 28.4. The Kier molecular flexibility index (Phi) is 8.47. The summed E-state index contributed by atoms with van der Waals surface area (Å²) in [7, 11) is 0. The van der Waals surface area contributed by atoms with Gasteiger partial charge in [-0.05, 0) is 73.8 Å². The van der Waals surface area contributed by atoms with Crippen LogP contribution in [0.5, 0.6) is 0 Å². The lowest BCUT2D eigenvalue weighted by Crippen LogP contribution is -2.57. The Labute approximate surface area is 239 Å². The number of rotatable bonds is 10. The summed E-state index contributed by atoms with van der Waals surface area (Å²) in [6.07, 6.45) is 3.96. The summed E-state index contributed by atoms with van der Waals surface area (Å²) >= 11 is 6.41. The normalized spacial score (nSPS) is 20.9. The van der Waals surface area contributed by atoms with Crippen molar-refractivity contribution in [1.29, 1.82) is 0 Å². The molecule has 0 spiro atoms. The number of carbonyl (C=O) groups excluding carboxylic acids is 2. The number of aromatic nitrogens is 2. The van der Waals surface area contributed by atoms with Gasteiger partial charge in [0.05, 0.1) is 23.1 Å². The molecule has 2 unspecified atom stereocenters. The van der Waals surface area contributed by atoms with Crippen LogP contribution in [0.1, 0.15) is 69.3 Å². The Morgan fingerprint density at radius 2 is 2.05 bits per heavy atom. The molecule has 3 atom stereocenters. The Morgan fingerprint density at radius 3 is 2.67 bits per heavy atom. The first-order valence-corrected chi connectivity index (χ1v) is 14.7. The van der Waals surface area contributed by atoms with Crippen LogP contribution in [-0.2, 0) is 26.2 Å². The van der Waals surface area contributed by atoms with E-state index >= 15 is 0 Å². The molecule has 2 aliphatic rings. The first-order valence-electron chi connectivity index (χ1n) is 14.3. The van der Waals surface area contributed by atoms with Gasteiger partial charge < -0.3 is 20.4 Å². The maximum Gasteiger partial charge on any atom is 0.242 e. The molecule has 7 nitrogen and oxygen atoms in total. The second-order valence-electron chi connectivity index (χ2n) is 11.5. The number of ether oxygens (including phenoxy) is 1. The number of fused-ring (bicyclic) bond motifs is 1. The number of aromatic amines is 1. The average Bonchev–Trinajstić information content (AvgIpc) is 3.54. The number of halogens is 2. The van der Waals surface area contributed by atoms with Gasteiger partial charge in [0.2, 0.25) is 11.8 Å². The van der Waals surface area contributed by atoms with Crippen molar-refractivity contribution in [3.8, 4) is 0 Å². The van der Waals surface area contributed by atoms with Gasteiger partial charge in [-0.25, -0.2) is 9.37 Å². The molecule has 0 bridgehead atoms. The number of nitrogens with one attached hydrogen (secondary N) is 3. The molecule has 2 aromatic carbocycles. The van der Waals surface area contributed by atoms with E-state index in [-0.39, 0.29) is 42.0 Å². The third-order valence-corrected chi connectivity index (χ3v) is 9.00. The molecular formula is C31H38ClFN4O3. The van der Waals surface area contributed by atoms with E-state index in [0.717, 1.165) is 41.7 Å². The van der Waals surface area contributed by atoms with Crippen LogP contribution in [0.25, 0.3) is 11.0 Å². The molecule has 2 fully saturated rings. The predicted octanol–water partition coefficient (Wildman–Crippen LogP) is 5.42. The van der Waals surface area contributed by atoms with Crippen molar-refractivity contribution in [1.82, 2.24) is 20.6 Å². The van der Waals surface area contributed by atoms with Crippen LogP contribution in [0.4, 0.5) is 4.39 Å². The Balaban J connectivity index is 1.42. The smallest absolute Gasteiger partial charge is 0.242 e. The van der Waals surface area contributed by atoms with Gasteiger partial charge in [-0.3, -0.25) is 9.59 Å². The lowest BCUT2D eigenvalue weighted by Gasteiger charge is -2.36. The summed E-state index contributed by atoms with van der Waals surface area (Å²) < 4.78 is 20.5. The molecule has 3 N–H and O–H groups in total. The zero-order valence-corrected chi connectivity index (χ0v) is 24.1. The van der Waals surface area contributed by atoms with Gasteiger partial charge >= 0.3 is 0 Å². The number of hydrogen-bond donors (Lipinski definition) is 3. The van der Waals surface area contributed by atoms with Crippen molar-refractivity contribution >= 4 is 34.4 Å². The molecule has 40 heavy (non-hydrogen) atoms. The third-order valence-electron chi connectivity index (χ3n) is 8.67. The first kappa shape index (κ1) is 28.6. The number of likely N-dealkylation sites (N-methyl/N-ethyl adjacent to an activating group) is 1. The minimum atomic E-state index is -0.894. The van der Waals surface area contributed by atoms with Crippen molar-refractivity contribution in [2.75, 3.05) is 19.8 Å². The number of nitrogens with zero attached hydrogens (tertiary/aromatic N) is 1. The van der Waals surface area contributed by atoms with E-state index in [1.54, 1.807) is 12.1 Å². The average molecular weight is 569 g/mol. The topological polar surface area (TPSA) is 96.1 Å². The zero-order valence-electron chi connectivity index (χ0n) is 23.4. The number of carbonyl (C=O) groups is 2. The van der Waals surface area contributed by atoms with E-state index in [2.05, 4.69) is 15.6 Å². The second kappa shape index (κ2) is 11.9. The van der Waals surface area contributed by atoms with Gasteiger partial charge in [0.25, 0.3) is 0 Å². The molecule has 214 valence electrons. The van der Waals surface area contributed by atoms with Crippen LogP contribution in [0, 0.1) is 17.7 Å². The van der Waals surface area contributed by atoms with Crippen LogP contribution in [0.2, 0.25) is 5.02 Å². The lowest BCUT2D eigenvalue weighted by molar-refractivity contribution is -0.134. The van der Waals surface area contributed by atoms with E-state index in [9.17, 15) is 14.0 Å².